The van der Waals surface area contributed by atoms with Crippen molar-refractivity contribution in [3.63, 3.8) is 0 Å². The third-order valence-corrected chi connectivity index (χ3v) is 6.39. The van der Waals surface area contributed by atoms with Crippen LogP contribution in [0.3, 0.4) is 0 Å². The molecule has 0 atom stereocenters. The predicted octanol–water partition coefficient (Wildman–Crippen LogP) is 4.70. The molecule has 1 aliphatic carbocycles. The highest BCUT2D eigenvalue weighted by Gasteiger charge is 2.19. The fourth-order valence-corrected chi connectivity index (χ4v) is 4.53. The lowest BCUT2D eigenvalue weighted by molar-refractivity contribution is 0.190. The summed E-state index contributed by atoms with van der Waals surface area (Å²) in [5.74, 6) is 0.859. The van der Waals surface area contributed by atoms with E-state index in [-0.39, 0.29) is 0 Å². The molecule has 1 aliphatic heterocycles. The fourth-order valence-electron chi connectivity index (χ4n) is 4.53. The van der Waals surface area contributed by atoms with E-state index in [1.165, 1.54) is 69.2 Å². The topological polar surface area (TPSA) is 32.5 Å². The molecule has 3 nitrogen and oxygen atoms in total. The number of benzene rings is 1. The third-order valence-electron chi connectivity index (χ3n) is 6.39. The van der Waals surface area contributed by atoms with Gasteiger partial charge in [-0.05, 0) is 75.7 Å². The molecule has 0 aromatic heterocycles. The Morgan fingerprint density at radius 2 is 1.80 bits per heavy atom. The molecule has 0 spiro atoms. The molecule has 1 aromatic carbocycles. The van der Waals surface area contributed by atoms with E-state index in [0.29, 0.717) is 0 Å². The van der Waals surface area contributed by atoms with Gasteiger partial charge in [0.05, 0.1) is 11.4 Å². The van der Waals surface area contributed by atoms with Crippen LogP contribution < -0.4 is 10.6 Å². The van der Waals surface area contributed by atoms with Crippen molar-refractivity contribution in [3.8, 4) is 0 Å². The fraction of sp³-hybridized carbons (Fsp3) is 0.727. The van der Waals surface area contributed by atoms with Gasteiger partial charge >= 0.3 is 0 Å². The van der Waals surface area contributed by atoms with Crippen LogP contribution in [0.4, 0.5) is 11.4 Å². The Morgan fingerprint density at radius 3 is 2.48 bits per heavy atom. The zero-order chi connectivity index (χ0) is 17.6. The molecule has 3 rings (SSSR count). The minimum atomic E-state index is 0.822. The lowest BCUT2D eigenvalue weighted by Gasteiger charge is -2.33. The van der Waals surface area contributed by atoms with Gasteiger partial charge in [-0.2, -0.15) is 0 Å². The average molecular weight is 344 g/mol. The molecule has 2 fully saturated rings. The van der Waals surface area contributed by atoms with Crippen LogP contribution in [-0.2, 0) is 6.42 Å². The number of rotatable bonds is 6. The number of aryl methyl sites for hydroxylation is 1. The summed E-state index contributed by atoms with van der Waals surface area (Å²) < 4.78 is 0. The second-order valence-corrected chi connectivity index (χ2v) is 8.44. The molecular weight excluding hydrogens is 306 g/mol. The molecule has 0 unspecified atom stereocenters. The molecule has 2 aliphatic rings. The van der Waals surface area contributed by atoms with Crippen molar-refractivity contribution in [2.24, 2.45) is 5.92 Å². The summed E-state index contributed by atoms with van der Waals surface area (Å²) in [7, 11) is 2.31. The van der Waals surface area contributed by atoms with E-state index in [4.69, 9.17) is 5.73 Å². The van der Waals surface area contributed by atoms with Crippen molar-refractivity contribution < 1.29 is 0 Å². The van der Waals surface area contributed by atoms with Crippen molar-refractivity contribution >= 4 is 11.4 Å². The summed E-state index contributed by atoms with van der Waals surface area (Å²) >= 11 is 0. The first-order chi connectivity index (χ1) is 12.1. The monoisotopic (exact) mass is 343 g/mol. The number of nitrogens with zero attached hydrogens (tertiary/aromatic N) is 2. The zero-order valence-electron chi connectivity index (χ0n) is 16.3. The van der Waals surface area contributed by atoms with Gasteiger partial charge in [-0.15, -0.1) is 0 Å². The molecule has 1 saturated heterocycles. The maximum Gasteiger partial charge on any atom is 0.0600 e. The smallest absolute Gasteiger partial charge is 0.0600 e. The van der Waals surface area contributed by atoms with E-state index in [1.807, 2.05) is 0 Å². The summed E-state index contributed by atoms with van der Waals surface area (Å²) in [6, 6.07) is 7.59. The maximum atomic E-state index is 6.38. The lowest BCUT2D eigenvalue weighted by Crippen LogP contribution is -2.34. The van der Waals surface area contributed by atoms with Crippen molar-refractivity contribution in [1.82, 2.24) is 4.90 Å². The standard InChI is InChI=1S/C22H37N3/c1-18-12-15-25(16-13-18)22-11-10-19(17-21(22)23)7-6-14-24(2)20-8-4-3-5-9-20/h10-11,17-18,20H,3-9,12-16,23H2,1-2H3. The molecule has 0 radical (unpaired) electrons. The zero-order valence-corrected chi connectivity index (χ0v) is 16.3. The maximum absolute atomic E-state index is 6.38. The highest BCUT2D eigenvalue weighted by atomic mass is 15.1. The van der Waals surface area contributed by atoms with Crippen LogP contribution in [-0.4, -0.2) is 37.6 Å². The Morgan fingerprint density at radius 1 is 1.08 bits per heavy atom. The second-order valence-electron chi connectivity index (χ2n) is 8.44. The summed E-state index contributed by atoms with van der Waals surface area (Å²) in [6.45, 7) is 5.86. The van der Waals surface area contributed by atoms with Gasteiger partial charge in [0, 0.05) is 19.1 Å². The van der Waals surface area contributed by atoms with Gasteiger partial charge in [0.1, 0.15) is 0 Å². The minimum absolute atomic E-state index is 0.822. The number of nitrogens with two attached hydrogens (primary N) is 1. The van der Waals surface area contributed by atoms with Gasteiger partial charge in [-0.1, -0.05) is 32.3 Å². The van der Waals surface area contributed by atoms with E-state index >= 15 is 0 Å². The number of hydrogen-bond acceptors (Lipinski definition) is 3. The van der Waals surface area contributed by atoms with Gasteiger partial charge in [-0.3, -0.25) is 0 Å². The molecule has 1 heterocycles. The van der Waals surface area contributed by atoms with Gasteiger partial charge < -0.3 is 15.5 Å². The Bertz CT molecular complexity index is 528. The van der Waals surface area contributed by atoms with Gasteiger partial charge in [0.2, 0.25) is 0 Å². The molecule has 2 N–H and O–H groups in total. The minimum Gasteiger partial charge on any atom is -0.397 e. The molecule has 0 bridgehead atoms. The number of anilines is 2. The van der Waals surface area contributed by atoms with Crippen molar-refractivity contribution in [3.05, 3.63) is 23.8 Å². The SMILES string of the molecule is CC1CCN(c2ccc(CCCN(C)C3CCCCC3)cc2N)CC1. The van der Waals surface area contributed by atoms with Gasteiger partial charge in [0.25, 0.3) is 0 Å². The number of hydrogen-bond donors (Lipinski definition) is 1. The van der Waals surface area contributed by atoms with Crippen LogP contribution in [0.2, 0.25) is 0 Å². The van der Waals surface area contributed by atoms with Gasteiger partial charge in [-0.25, -0.2) is 0 Å². The normalized spacial score (nSPS) is 20.4. The van der Waals surface area contributed by atoms with E-state index in [9.17, 15) is 0 Å². The molecule has 1 aromatic rings. The predicted molar refractivity (Wildman–Crippen MR) is 109 cm³/mol. The van der Waals surface area contributed by atoms with Crippen molar-refractivity contribution in [1.29, 1.82) is 0 Å². The van der Waals surface area contributed by atoms with E-state index in [1.54, 1.807) is 0 Å². The largest absolute Gasteiger partial charge is 0.397 e. The lowest BCUT2D eigenvalue weighted by atomic mass is 9.94. The quantitative estimate of drug-likeness (QED) is 0.760. The van der Waals surface area contributed by atoms with Crippen LogP contribution >= 0.6 is 0 Å². The highest BCUT2D eigenvalue weighted by Crippen LogP contribution is 2.29. The third kappa shape index (κ3) is 5.13. The Kier molecular flexibility index (Phi) is 6.63. The van der Waals surface area contributed by atoms with Gasteiger partial charge in [0.15, 0.2) is 0 Å². The van der Waals surface area contributed by atoms with E-state index in [0.717, 1.165) is 37.2 Å². The molecular formula is C22H37N3. The summed E-state index contributed by atoms with van der Waals surface area (Å²) in [5.41, 5.74) is 9.99. The molecule has 3 heteroatoms. The number of nitrogen functional groups attached to an aromatic ring is 1. The van der Waals surface area contributed by atoms with Crippen molar-refractivity contribution in [2.45, 2.75) is 70.8 Å². The van der Waals surface area contributed by atoms with E-state index in [2.05, 4.69) is 42.0 Å². The van der Waals surface area contributed by atoms with Crippen LogP contribution in [0.1, 0.15) is 63.9 Å². The van der Waals surface area contributed by atoms with Crippen LogP contribution in [0.5, 0.6) is 0 Å². The molecule has 1 saturated carbocycles. The highest BCUT2D eigenvalue weighted by molar-refractivity contribution is 5.68. The first kappa shape index (κ1) is 18.6. The molecule has 25 heavy (non-hydrogen) atoms. The van der Waals surface area contributed by atoms with Crippen LogP contribution in [0.25, 0.3) is 0 Å². The Labute approximate surface area is 154 Å². The first-order valence-corrected chi connectivity index (χ1v) is 10.5. The Balaban J connectivity index is 1.47. The first-order valence-electron chi connectivity index (χ1n) is 10.5. The van der Waals surface area contributed by atoms with Crippen LogP contribution in [0.15, 0.2) is 18.2 Å². The van der Waals surface area contributed by atoms with Crippen LogP contribution in [0, 0.1) is 5.92 Å². The number of piperidine rings is 1. The second kappa shape index (κ2) is 8.93. The average Bonchev–Trinajstić information content (AvgIpc) is 2.63. The summed E-state index contributed by atoms with van der Waals surface area (Å²) in [6.07, 6.45) is 12.0. The molecule has 140 valence electrons. The molecule has 0 amide bonds. The van der Waals surface area contributed by atoms with Crippen molar-refractivity contribution in [2.75, 3.05) is 37.3 Å². The van der Waals surface area contributed by atoms with E-state index < -0.39 is 0 Å². The summed E-state index contributed by atoms with van der Waals surface area (Å²) in [5, 5.41) is 0. The summed E-state index contributed by atoms with van der Waals surface area (Å²) in [4.78, 5) is 5.06. The Hall–Kier alpha value is -1.22.